The van der Waals surface area contributed by atoms with Gasteiger partial charge in [0.1, 0.15) is 5.72 Å². The lowest BCUT2D eigenvalue weighted by atomic mass is 9.90. The van der Waals surface area contributed by atoms with Gasteiger partial charge in [0, 0.05) is 37.4 Å². The predicted octanol–water partition coefficient (Wildman–Crippen LogP) is 3.65. The molecule has 0 bridgehead atoms. The van der Waals surface area contributed by atoms with Gasteiger partial charge in [0.05, 0.1) is 0 Å². The Morgan fingerprint density at radius 1 is 0.944 bits per heavy atom. The highest BCUT2D eigenvalue weighted by Crippen LogP contribution is 2.36. The van der Waals surface area contributed by atoms with Crippen LogP contribution in [0.4, 0.5) is 0 Å². The van der Waals surface area contributed by atoms with Gasteiger partial charge in [0.2, 0.25) is 0 Å². The number of hydrogen-bond donors (Lipinski definition) is 0. The Hall–Kier alpha value is -0.960. The average Bonchev–Trinajstić information content (AvgIpc) is 2.39. The van der Waals surface area contributed by atoms with Gasteiger partial charge >= 0.3 is 0 Å². The monoisotopic (exact) mass is 250 g/mol. The molecule has 1 fully saturated rings. The molecule has 2 rings (SSSR count). The van der Waals surface area contributed by atoms with Gasteiger partial charge < -0.3 is 14.5 Å². The van der Waals surface area contributed by atoms with Gasteiger partial charge in [-0.1, -0.05) is 6.42 Å². The maximum atomic E-state index is 5.84. The van der Waals surface area contributed by atoms with E-state index in [1.165, 1.54) is 19.3 Å². The molecule has 0 aromatic rings. The number of nitrogens with zero attached hydrogens (tertiary/aromatic N) is 2. The first-order chi connectivity index (χ1) is 8.48. The van der Waals surface area contributed by atoms with Crippen LogP contribution in [0.15, 0.2) is 24.8 Å². The van der Waals surface area contributed by atoms with Crippen LogP contribution in [0.3, 0.4) is 0 Å². The third-order valence-electron chi connectivity index (χ3n) is 4.04. The van der Waals surface area contributed by atoms with Crippen molar-refractivity contribution in [2.45, 2.75) is 64.1 Å². The van der Waals surface area contributed by atoms with Crippen molar-refractivity contribution in [3.8, 4) is 0 Å². The third kappa shape index (κ3) is 2.56. The minimum absolute atomic E-state index is 0.116. The van der Waals surface area contributed by atoms with E-state index in [2.05, 4.69) is 55.4 Å². The second-order valence-corrected chi connectivity index (χ2v) is 6.29. The van der Waals surface area contributed by atoms with Gasteiger partial charge in [0.15, 0.2) is 0 Å². The summed E-state index contributed by atoms with van der Waals surface area (Å²) in [7, 11) is 1.84. The van der Waals surface area contributed by atoms with Crippen molar-refractivity contribution in [3.05, 3.63) is 24.8 Å². The van der Waals surface area contributed by atoms with E-state index < -0.39 is 0 Å². The molecule has 1 aliphatic carbocycles. The molecule has 1 heterocycles. The summed E-state index contributed by atoms with van der Waals surface area (Å²) < 4.78 is 5.84. The largest absolute Gasteiger partial charge is 0.359 e. The van der Waals surface area contributed by atoms with Gasteiger partial charge in [-0.25, -0.2) is 0 Å². The van der Waals surface area contributed by atoms with Crippen molar-refractivity contribution in [3.63, 3.8) is 0 Å². The number of rotatable bonds is 2. The molecule has 3 heteroatoms. The zero-order valence-electron chi connectivity index (χ0n) is 12.1. The summed E-state index contributed by atoms with van der Waals surface area (Å²) in [6.07, 6.45) is 14.7. The Bertz CT molecular complexity index is 321. The van der Waals surface area contributed by atoms with Crippen LogP contribution in [0, 0.1) is 0 Å². The topological polar surface area (TPSA) is 15.7 Å². The summed E-state index contributed by atoms with van der Waals surface area (Å²) in [4.78, 5) is 4.48. The zero-order valence-corrected chi connectivity index (χ0v) is 12.1. The average molecular weight is 250 g/mol. The summed E-state index contributed by atoms with van der Waals surface area (Å²) in [5.41, 5.74) is 0.0150. The molecular weight excluding hydrogens is 224 g/mol. The fourth-order valence-corrected chi connectivity index (χ4v) is 2.78. The minimum atomic E-state index is -0.116. The van der Waals surface area contributed by atoms with Crippen molar-refractivity contribution in [1.82, 2.24) is 9.80 Å². The van der Waals surface area contributed by atoms with Crippen LogP contribution in [0.1, 0.15) is 52.9 Å². The molecule has 102 valence electrons. The highest BCUT2D eigenvalue weighted by molar-refractivity contribution is 5.08. The van der Waals surface area contributed by atoms with E-state index in [0.717, 1.165) is 12.8 Å². The van der Waals surface area contributed by atoms with Crippen LogP contribution in [0.5, 0.6) is 0 Å². The molecule has 0 N–H and O–H groups in total. The Kier molecular flexibility index (Phi) is 3.71. The first-order valence-corrected chi connectivity index (χ1v) is 6.97. The highest BCUT2D eigenvalue weighted by atomic mass is 16.5. The van der Waals surface area contributed by atoms with Crippen LogP contribution >= 0.6 is 0 Å². The Morgan fingerprint density at radius 3 is 1.94 bits per heavy atom. The second kappa shape index (κ2) is 4.96. The van der Waals surface area contributed by atoms with Crippen molar-refractivity contribution in [2.75, 3.05) is 7.11 Å². The van der Waals surface area contributed by atoms with E-state index in [4.69, 9.17) is 4.74 Å². The lowest BCUT2D eigenvalue weighted by Gasteiger charge is -2.45. The molecule has 0 unspecified atom stereocenters. The lowest BCUT2D eigenvalue weighted by molar-refractivity contribution is -0.120. The Balaban J connectivity index is 2.10. The summed E-state index contributed by atoms with van der Waals surface area (Å²) >= 11 is 0. The van der Waals surface area contributed by atoms with E-state index in [0.29, 0.717) is 0 Å². The van der Waals surface area contributed by atoms with Gasteiger partial charge in [-0.05, 0) is 46.5 Å². The van der Waals surface area contributed by atoms with E-state index in [-0.39, 0.29) is 11.3 Å². The summed E-state index contributed by atoms with van der Waals surface area (Å²) in [6.45, 7) is 6.64. The van der Waals surface area contributed by atoms with Crippen LogP contribution in [0.2, 0.25) is 0 Å². The molecule has 1 saturated carbocycles. The summed E-state index contributed by atoms with van der Waals surface area (Å²) in [5.74, 6) is 0. The van der Waals surface area contributed by atoms with Crippen LogP contribution in [0.25, 0.3) is 0 Å². The molecule has 0 spiro atoms. The van der Waals surface area contributed by atoms with E-state index >= 15 is 0 Å². The van der Waals surface area contributed by atoms with E-state index in [1.54, 1.807) is 0 Å². The van der Waals surface area contributed by atoms with Crippen molar-refractivity contribution >= 4 is 0 Å². The highest BCUT2D eigenvalue weighted by Gasteiger charge is 2.36. The summed E-state index contributed by atoms with van der Waals surface area (Å²) in [6, 6.07) is 0. The maximum absolute atomic E-state index is 5.84. The number of ether oxygens (including phenoxy) is 1. The normalized spacial score (nSPS) is 23.6. The molecule has 1 aliphatic heterocycles. The first kappa shape index (κ1) is 13.5. The third-order valence-corrected chi connectivity index (χ3v) is 4.04. The van der Waals surface area contributed by atoms with Gasteiger partial charge in [-0.3, -0.25) is 0 Å². The smallest absolute Gasteiger partial charge is 0.144 e. The van der Waals surface area contributed by atoms with E-state index in [9.17, 15) is 0 Å². The molecule has 2 aliphatic rings. The number of methoxy groups -OCH3 is 1. The quantitative estimate of drug-likeness (QED) is 0.744. The second-order valence-electron chi connectivity index (χ2n) is 6.29. The molecule has 0 radical (unpaired) electrons. The molecule has 0 aromatic heterocycles. The standard InChI is InChI=1S/C15H26N2O/c1-14(2,3)16-10-12-17(13-11-16)15(18-4)8-6-5-7-9-15/h10-13H,5-9H2,1-4H3. The van der Waals surface area contributed by atoms with Gasteiger partial charge in [0.25, 0.3) is 0 Å². The van der Waals surface area contributed by atoms with Crippen LogP contribution < -0.4 is 0 Å². The molecule has 18 heavy (non-hydrogen) atoms. The van der Waals surface area contributed by atoms with E-state index in [1.807, 2.05) is 7.11 Å². The Morgan fingerprint density at radius 2 is 1.50 bits per heavy atom. The van der Waals surface area contributed by atoms with Gasteiger partial charge in [-0.2, -0.15) is 0 Å². The lowest BCUT2D eigenvalue weighted by Crippen LogP contribution is -2.48. The summed E-state index contributed by atoms with van der Waals surface area (Å²) in [5, 5.41) is 0. The molecule has 0 aromatic carbocycles. The SMILES string of the molecule is COC1(N2C=CN(C(C)(C)C)C=C2)CCCCC1. The van der Waals surface area contributed by atoms with Crippen molar-refractivity contribution in [1.29, 1.82) is 0 Å². The van der Waals surface area contributed by atoms with Crippen LogP contribution in [-0.2, 0) is 4.74 Å². The van der Waals surface area contributed by atoms with Gasteiger partial charge in [-0.15, -0.1) is 0 Å². The van der Waals surface area contributed by atoms with Crippen LogP contribution in [-0.4, -0.2) is 28.2 Å². The maximum Gasteiger partial charge on any atom is 0.144 e. The fourth-order valence-electron chi connectivity index (χ4n) is 2.78. The molecule has 0 atom stereocenters. The molecule has 3 nitrogen and oxygen atoms in total. The molecule has 0 amide bonds. The Labute approximate surface area is 111 Å². The first-order valence-electron chi connectivity index (χ1n) is 6.97. The van der Waals surface area contributed by atoms with Crippen molar-refractivity contribution < 1.29 is 4.74 Å². The predicted molar refractivity (Wildman–Crippen MR) is 74.5 cm³/mol. The van der Waals surface area contributed by atoms with Crippen molar-refractivity contribution in [2.24, 2.45) is 0 Å². The molecule has 0 saturated heterocycles. The minimum Gasteiger partial charge on any atom is -0.359 e. The zero-order chi connectivity index (χ0) is 13.2. The fraction of sp³-hybridized carbons (Fsp3) is 0.733. The number of hydrogen-bond acceptors (Lipinski definition) is 3. The molecular formula is C15H26N2O.